The van der Waals surface area contributed by atoms with E-state index < -0.39 is 11.9 Å². The van der Waals surface area contributed by atoms with Gasteiger partial charge in [-0.3, -0.25) is 0 Å². The number of carboxylic acids is 2. The zero-order chi connectivity index (χ0) is 19.0. The molecular weight excluding hydrogens is 334 g/mol. The van der Waals surface area contributed by atoms with E-state index in [4.69, 9.17) is 0 Å². The van der Waals surface area contributed by atoms with Crippen molar-refractivity contribution in [2.24, 2.45) is 0 Å². The quantitative estimate of drug-likeness (QED) is 0.784. The summed E-state index contributed by atoms with van der Waals surface area (Å²) in [6, 6.07) is 1.65. The van der Waals surface area contributed by atoms with Gasteiger partial charge in [0.15, 0.2) is 0 Å². The maximum absolute atomic E-state index is 11.6. The Morgan fingerprint density at radius 1 is 1.24 bits per heavy atom. The van der Waals surface area contributed by atoms with Crippen LogP contribution in [0.25, 0.3) is 0 Å². The van der Waals surface area contributed by atoms with Crippen LogP contribution >= 0.6 is 0 Å². The third kappa shape index (κ3) is 5.19. The summed E-state index contributed by atoms with van der Waals surface area (Å²) in [4.78, 5) is 25.2. The summed E-state index contributed by atoms with van der Waals surface area (Å²) >= 11 is 0. The molecule has 1 fully saturated rings. The third-order valence-electron chi connectivity index (χ3n) is 4.23. The van der Waals surface area contributed by atoms with Gasteiger partial charge in [0.05, 0.1) is 21.4 Å². The van der Waals surface area contributed by atoms with Crippen molar-refractivity contribution in [2.75, 3.05) is 18.0 Å². The van der Waals surface area contributed by atoms with E-state index in [1.807, 2.05) is 19.9 Å². The van der Waals surface area contributed by atoms with E-state index in [1.165, 1.54) is 0 Å². The lowest BCUT2D eigenvalue weighted by molar-refractivity contribution is 0.0695. The highest BCUT2D eigenvalue weighted by Gasteiger charge is 2.26. The number of rotatable bonds is 5. The van der Waals surface area contributed by atoms with Gasteiger partial charge in [-0.05, 0) is 50.3 Å². The molecule has 2 rings (SSSR count). The van der Waals surface area contributed by atoms with E-state index in [2.05, 4.69) is 15.1 Å². The fourth-order valence-corrected chi connectivity index (χ4v) is 3.08. The van der Waals surface area contributed by atoms with Crippen molar-refractivity contribution in [2.45, 2.75) is 46.5 Å². The first kappa shape index (κ1) is 21.0. The molecule has 0 unspecified atom stereocenters. The number of aromatic carboxylic acids is 2. The molecule has 2 N–H and O–H groups in total. The van der Waals surface area contributed by atoms with Crippen molar-refractivity contribution in [1.82, 2.24) is 0 Å². The largest absolute Gasteiger partial charge is 0.478 e. The van der Waals surface area contributed by atoms with Gasteiger partial charge in [-0.15, -0.1) is 5.70 Å². The Kier molecular flexibility index (Phi) is 8.41. The Hall–Kier alpha value is -2.08. The second-order valence-electron chi connectivity index (χ2n) is 5.98. The minimum Gasteiger partial charge on any atom is -0.478 e. The molecule has 135 valence electrons. The van der Waals surface area contributed by atoms with Gasteiger partial charge in [-0.2, -0.15) is 0 Å². The maximum atomic E-state index is 11.6. The summed E-state index contributed by atoms with van der Waals surface area (Å²) < 4.78 is 0. The molecule has 25 heavy (non-hydrogen) atoms. The fraction of sp³-hybridized carbons (Fsp3) is 0.474. The molecule has 1 aliphatic heterocycles. The zero-order valence-electron chi connectivity index (χ0n) is 15.1. The van der Waals surface area contributed by atoms with Gasteiger partial charge in [0.25, 0.3) is 0 Å². The van der Waals surface area contributed by atoms with E-state index in [0.717, 1.165) is 43.6 Å². The van der Waals surface area contributed by atoms with Crippen LogP contribution in [-0.4, -0.2) is 45.5 Å². The van der Waals surface area contributed by atoms with Gasteiger partial charge in [-0.25, -0.2) is 9.59 Å². The number of nitrogens with zero attached hydrogens (tertiary/aromatic N) is 1. The SMILES string of the molecule is CC=C[Si].CCCc1c(N2CCCC2)cc(C(=O)O)c(C)c1C(=O)O. The van der Waals surface area contributed by atoms with Crippen molar-refractivity contribution in [1.29, 1.82) is 0 Å². The molecule has 0 spiro atoms. The molecule has 0 saturated carbocycles. The lowest BCUT2D eigenvalue weighted by Gasteiger charge is -2.24. The van der Waals surface area contributed by atoms with E-state index in [9.17, 15) is 19.8 Å². The summed E-state index contributed by atoms with van der Waals surface area (Å²) in [6.45, 7) is 7.25. The van der Waals surface area contributed by atoms with E-state index >= 15 is 0 Å². The smallest absolute Gasteiger partial charge is 0.336 e. The Bertz CT molecular complexity index is 645. The Labute approximate surface area is 152 Å². The zero-order valence-corrected chi connectivity index (χ0v) is 16.1. The lowest BCUT2D eigenvalue weighted by Crippen LogP contribution is -2.23. The third-order valence-corrected chi connectivity index (χ3v) is 4.56. The predicted molar refractivity (Wildman–Crippen MR) is 101 cm³/mol. The van der Waals surface area contributed by atoms with Crippen molar-refractivity contribution in [3.05, 3.63) is 40.1 Å². The van der Waals surface area contributed by atoms with Crippen LogP contribution in [0.3, 0.4) is 0 Å². The number of allylic oxidation sites excluding steroid dienone is 1. The molecule has 3 radical (unpaired) electrons. The number of carboxylic acid groups (broad SMARTS) is 2. The van der Waals surface area contributed by atoms with Gasteiger partial charge >= 0.3 is 11.9 Å². The summed E-state index contributed by atoms with van der Waals surface area (Å²) in [5, 5.41) is 18.9. The minimum atomic E-state index is -1.07. The van der Waals surface area contributed by atoms with E-state index in [1.54, 1.807) is 18.7 Å². The van der Waals surface area contributed by atoms with Crippen LogP contribution < -0.4 is 4.90 Å². The monoisotopic (exact) mass is 360 g/mol. The number of carbonyl (C=O) groups is 2. The fourth-order valence-electron chi connectivity index (χ4n) is 3.08. The molecule has 0 aromatic heterocycles. The van der Waals surface area contributed by atoms with Gasteiger partial charge in [0.1, 0.15) is 0 Å². The normalized spacial score (nSPS) is 13.7. The molecule has 1 aromatic carbocycles. The Morgan fingerprint density at radius 2 is 1.80 bits per heavy atom. The first-order valence-corrected chi connectivity index (χ1v) is 9.13. The molecule has 1 aromatic rings. The van der Waals surface area contributed by atoms with Crippen LogP contribution in [0.5, 0.6) is 0 Å². The summed E-state index contributed by atoms with van der Waals surface area (Å²) in [7, 11) is 3.11. The van der Waals surface area contributed by atoms with Crippen LogP contribution in [0.1, 0.15) is 65.0 Å². The average Bonchev–Trinajstić information content (AvgIpc) is 3.09. The molecule has 5 nitrogen and oxygen atoms in total. The summed E-state index contributed by atoms with van der Waals surface area (Å²) in [5.41, 5.74) is 3.97. The number of anilines is 1. The van der Waals surface area contributed by atoms with E-state index in [0.29, 0.717) is 12.0 Å². The first-order valence-electron chi connectivity index (χ1n) is 8.55. The molecule has 1 heterocycles. The van der Waals surface area contributed by atoms with Crippen molar-refractivity contribution >= 4 is 27.9 Å². The highest BCUT2D eigenvalue weighted by molar-refractivity contribution is 6.16. The number of benzene rings is 1. The van der Waals surface area contributed by atoms with Crippen LogP contribution in [-0.2, 0) is 6.42 Å². The van der Waals surface area contributed by atoms with Crippen LogP contribution in [0.2, 0.25) is 0 Å². The highest BCUT2D eigenvalue weighted by Crippen LogP contribution is 2.33. The molecule has 0 bridgehead atoms. The number of hydrogen-bond donors (Lipinski definition) is 2. The summed E-state index contributed by atoms with van der Waals surface area (Å²) in [5.74, 6) is -2.11. The van der Waals surface area contributed by atoms with Crippen molar-refractivity contribution in [3.63, 3.8) is 0 Å². The topological polar surface area (TPSA) is 77.8 Å². The lowest BCUT2D eigenvalue weighted by atomic mass is 9.92. The molecule has 1 aliphatic rings. The molecule has 6 heteroatoms. The van der Waals surface area contributed by atoms with E-state index in [-0.39, 0.29) is 11.1 Å². The predicted octanol–water partition coefficient (Wildman–Crippen LogP) is 3.63. The van der Waals surface area contributed by atoms with Gasteiger partial charge in [-0.1, -0.05) is 19.4 Å². The van der Waals surface area contributed by atoms with Crippen LogP contribution in [0.4, 0.5) is 5.69 Å². The molecule has 1 saturated heterocycles. The van der Waals surface area contributed by atoms with Crippen molar-refractivity contribution < 1.29 is 19.8 Å². The van der Waals surface area contributed by atoms with Crippen LogP contribution in [0, 0.1) is 6.92 Å². The second-order valence-corrected chi connectivity index (χ2v) is 6.31. The van der Waals surface area contributed by atoms with Gasteiger partial charge < -0.3 is 15.1 Å². The standard InChI is InChI=1S/C16H21NO4.C3H5Si/c1-3-6-11-13(17-7-4-5-8-17)9-12(15(18)19)10(2)14(11)16(20)21;1-2-3-4/h9H,3-8H2,1-2H3,(H,18,19)(H,20,21);2-3H,1H3. The molecular formula is C19H26NO4Si. The molecule has 0 atom stereocenters. The van der Waals surface area contributed by atoms with Gasteiger partial charge in [0.2, 0.25) is 0 Å². The Morgan fingerprint density at radius 3 is 2.20 bits per heavy atom. The van der Waals surface area contributed by atoms with Crippen LogP contribution in [0.15, 0.2) is 17.8 Å². The maximum Gasteiger partial charge on any atom is 0.336 e. The van der Waals surface area contributed by atoms with Gasteiger partial charge in [0, 0.05) is 18.8 Å². The first-order chi connectivity index (χ1) is 11.9. The summed E-state index contributed by atoms with van der Waals surface area (Å²) in [6.07, 6.45) is 5.51. The molecule has 0 amide bonds. The number of hydrogen-bond acceptors (Lipinski definition) is 3. The molecule has 0 aliphatic carbocycles. The van der Waals surface area contributed by atoms with Crippen molar-refractivity contribution in [3.8, 4) is 0 Å². The highest BCUT2D eigenvalue weighted by atomic mass is 28.1. The minimum absolute atomic E-state index is 0.0918. The Balaban J connectivity index is 0.000000705. The average molecular weight is 361 g/mol. The second kappa shape index (κ2) is 10.0.